The monoisotopic (exact) mass is 418 g/mol. The minimum absolute atomic E-state index is 0.0472. The fourth-order valence-corrected chi connectivity index (χ4v) is 2.48. The van der Waals surface area contributed by atoms with E-state index in [9.17, 15) is 9.59 Å². The molecule has 26 heavy (non-hydrogen) atoms. The number of carbonyl (C=O) groups excluding carboxylic acids is 2. The van der Waals surface area contributed by atoms with Crippen LogP contribution in [0.2, 0.25) is 15.1 Å². The Morgan fingerprint density at radius 2 is 1.69 bits per heavy atom. The van der Waals surface area contributed by atoms with Gasteiger partial charge in [0.25, 0.3) is 0 Å². The average molecular weight is 420 g/mol. The molecule has 0 amide bonds. The number of halogens is 3. The molecule has 0 saturated carbocycles. The molecule has 0 unspecified atom stereocenters. The molecule has 0 fully saturated rings. The summed E-state index contributed by atoms with van der Waals surface area (Å²) in [5, 5.41) is 11.7. The first-order chi connectivity index (χ1) is 12.1. The normalized spacial score (nSPS) is 11.3. The maximum Gasteiger partial charge on any atom is 0.350 e. The van der Waals surface area contributed by atoms with Crippen molar-refractivity contribution in [2.75, 3.05) is 5.32 Å². The van der Waals surface area contributed by atoms with Gasteiger partial charge in [0.2, 0.25) is 0 Å². The van der Waals surface area contributed by atoms with Crippen LogP contribution in [-0.4, -0.2) is 24.1 Å². The summed E-state index contributed by atoms with van der Waals surface area (Å²) in [6, 6.07) is 3.08. The van der Waals surface area contributed by atoms with Crippen LogP contribution in [0.1, 0.15) is 38.1 Å². The van der Waals surface area contributed by atoms with Crippen LogP contribution in [0.3, 0.4) is 0 Å². The third-order valence-corrected chi connectivity index (χ3v) is 3.94. The van der Waals surface area contributed by atoms with E-state index in [0.29, 0.717) is 0 Å². The Balaban J connectivity index is 3.24. The van der Waals surface area contributed by atoms with Gasteiger partial charge in [0, 0.05) is 6.20 Å². The Bertz CT molecular complexity index is 783. The van der Waals surface area contributed by atoms with Gasteiger partial charge in [0.1, 0.15) is 11.6 Å². The van der Waals surface area contributed by atoms with Crippen LogP contribution < -0.4 is 5.32 Å². The number of carbonyl (C=O) groups is 2. The zero-order chi connectivity index (χ0) is 20.0. The maximum absolute atomic E-state index is 12.2. The average Bonchev–Trinajstić information content (AvgIpc) is 2.51. The molecular weight excluding hydrogens is 403 g/mol. The molecule has 0 radical (unpaired) electrons. The van der Waals surface area contributed by atoms with Crippen LogP contribution in [0.4, 0.5) is 5.69 Å². The molecule has 0 spiro atoms. The van der Waals surface area contributed by atoms with Crippen molar-refractivity contribution in [3.05, 3.63) is 38.5 Å². The number of rotatable bonds is 6. The number of nitriles is 1. The van der Waals surface area contributed by atoms with Gasteiger partial charge in [-0.1, -0.05) is 34.8 Å². The highest BCUT2D eigenvalue weighted by Crippen LogP contribution is 2.38. The Kier molecular flexibility index (Phi) is 8.22. The lowest BCUT2D eigenvalue weighted by atomic mass is 10.2. The molecule has 0 bridgehead atoms. The molecule has 0 saturated heterocycles. The Morgan fingerprint density at radius 1 is 1.12 bits per heavy atom. The van der Waals surface area contributed by atoms with Gasteiger partial charge in [0.05, 0.1) is 33.0 Å². The molecule has 6 nitrogen and oxygen atoms in total. The van der Waals surface area contributed by atoms with E-state index in [1.54, 1.807) is 33.8 Å². The van der Waals surface area contributed by atoms with Crippen molar-refractivity contribution in [3.8, 4) is 6.07 Å². The van der Waals surface area contributed by atoms with Crippen molar-refractivity contribution in [2.24, 2.45) is 0 Å². The van der Waals surface area contributed by atoms with Crippen LogP contribution in [0.15, 0.2) is 17.8 Å². The number of esters is 2. The van der Waals surface area contributed by atoms with Gasteiger partial charge in [0.15, 0.2) is 5.57 Å². The summed E-state index contributed by atoms with van der Waals surface area (Å²) in [6.07, 6.45) is 0.333. The Morgan fingerprint density at radius 3 is 2.19 bits per heavy atom. The van der Waals surface area contributed by atoms with E-state index >= 15 is 0 Å². The summed E-state index contributed by atoms with van der Waals surface area (Å²) in [6.45, 7) is 6.66. The first-order valence-electron chi connectivity index (χ1n) is 7.54. The largest absolute Gasteiger partial charge is 0.459 e. The molecule has 1 aromatic carbocycles. The summed E-state index contributed by atoms with van der Waals surface area (Å²) in [5.74, 6) is -1.55. The third-order valence-electron chi connectivity index (χ3n) is 2.76. The molecule has 1 aromatic rings. The standard InChI is InChI=1S/C17H17Cl3N2O4/c1-8(2)25-16(23)10(6-21)7-22-12-5-11(18)14(19)13(15(12)20)17(24)26-9(3)4/h5,7-9,22H,1-4H3. The van der Waals surface area contributed by atoms with Crippen LogP contribution >= 0.6 is 34.8 Å². The highest BCUT2D eigenvalue weighted by molar-refractivity contribution is 6.47. The molecule has 1 rings (SSSR count). The number of benzene rings is 1. The van der Waals surface area contributed by atoms with Crippen LogP contribution in [0.5, 0.6) is 0 Å². The fraction of sp³-hybridized carbons (Fsp3) is 0.353. The zero-order valence-electron chi connectivity index (χ0n) is 14.5. The number of anilines is 1. The second-order valence-electron chi connectivity index (χ2n) is 5.63. The van der Waals surface area contributed by atoms with Crippen molar-refractivity contribution in [2.45, 2.75) is 39.9 Å². The predicted octanol–water partition coefficient (Wildman–Crippen LogP) is 4.98. The number of ether oxygens (including phenoxy) is 2. The Hall–Kier alpha value is -1.94. The zero-order valence-corrected chi connectivity index (χ0v) is 16.8. The van der Waals surface area contributed by atoms with Gasteiger partial charge in [-0.25, -0.2) is 9.59 Å². The number of nitrogens with zero attached hydrogens (tertiary/aromatic N) is 1. The molecule has 0 aromatic heterocycles. The van der Waals surface area contributed by atoms with E-state index in [1.807, 2.05) is 0 Å². The molecule has 140 valence electrons. The van der Waals surface area contributed by atoms with E-state index in [2.05, 4.69) is 5.32 Å². The van der Waals surface area contributed by atoms with E-state index in [0.717, 1.165) is 6.20 Å². The smallest absolute Gasteiger partial charge is 0.350 e. The van der Waals surface area contributed by atoms with Gasteiger partial charge in [-0.2, -0.15) is 5.26 Å². The highest BCUT2D eigenvalue weighted by Gasteiger charge is 2.23. The lowest BCUT2D eigenvalue weighted by Gasteiger charge is -2.14. The van der Waals surface area contributed by atoms with E-state index in [-0.39, 0.29) is 44.1 Å². The number of nitrogens with one attached hydrogen (secondary N) is 1. The highest BCUT2D eigenvalue weighted by atomic mass is 35.5. The summed E-state index contributed by atoms with van der Waals surface area (Å²) in [5.41, 5.74) is -0.234. The van der Waals surface area contributed by atoms with Crippen molar-refractivity contribution in [3.63, 3.8) is 0 Å². The summed E-state index contributed by atoms with van der Waals surface area (Å²) < 4.78 is 10.0. The maximum atomic E-state index is 12.2. The van der Waals surface area contributed by atoms with Gasteiger partial charge < -0.3 is 14.8 Å². The molecule has 1 N–H and O–H groups in total. The molecule has 0 heterocycles. The minimum Gasteiger partial charge on any atom is -0.459 e. The quantitative estimate of drug-likeness (QED) is 0.303. The van der Waals surface area contributed by atoms with Crippen molar-refractivity contribution in [1.82, 2.24) is 0 Å². The summed E-state index contributed by atoms with van der Waals surface area (Å²) >= 11 is 18.3. The van der Waals surface area contributed by atoms with Gasteiger partial charge >= 0.3 is 11.9 Å². The summed E-state index contributed by atoms with van der Waals surface area (Å²) in [7, 11) is 0. The molecule has 0 aliphatic rings. The lowest BCUT2D eigenvalue weighted by molar-refractivity contribution is -0.142. The van der Waals surface area contributed by atoms with E-state index < -0.39 is 11.9 Å². The van der Waals surface area contributed by atoms with Crippen molar-refractivity contribution < 1.29 is 19.1 Å². The van der Waals surface area contributed by atoms with Crippen molar-refractivity contribution in [1.29, 1.82) is 5.26 Å². The van der Waals surface area contributed by atoms with Gasteiger partial charge in [-0.15, -0.1) is 0 Å². The number of hydrogen-bond acceptors (Lipinski definition) is 6. The van der Waals surface area contributed by atoms with Crippen LogP contribution in [0.25, 0.3) is 0 Å². The Labute approximate surface area is 166 Å². The summed E-state index contributed by atoms with van der Waals surface area (Å²) in [4.78, 5) is 24.0. The molecular formula is C17H17Cl3N2O4. The molecule has 0 aliphatic carbocycles. The number of hydrogen-bond donors (Lipinski definition) is 1. The van der Waals surface area contributed by atoms with Gasteiger partial charge in [-0.05, 0) is 33.8 Å². The van der Waals surface area contributed by atoms with Crippen LogP contribution in [-0.2, 0) is 14.3 Å². The second kappa shape index (κ2) is 9.67. The first-order valence-corrected chi connectivity index (χ1v) is 8.68. The van der Waals surface area contributed by atoms with E-state index in [1.165, 1.54) is 6.07 Å². The first kappa shape index (κ1) is 22.1. The minimum atomic E-state index is -0.800. The van der Waals surface area contributed by atoms with E-state index in [4.69, 9.17) is 49.5 Å². The lowest BCUT2D eigenvalue weighted by Crippen LogP contribution is -2.14. The third kappa shape index (κ3) is 5.80. The fourth-order valence-electron chi connectivity index (χ4n) is 1.73. The van der Waals surface area contributed by atoms with Crippen molar-refractivity contribution >= 4 is 52.4 Å². The molecule has 9 heteroatoms. The second-order valence-corrected chi connectivity index (χ2v) is 6.79. The van der Waals surface area contributed by atoms with Crippen LogP contribution in [0, 0.1) is 11.3 Å². The SMILES string of the molecule is CC(C)OC(=O)C(C#N)=CNc1cc(Cl)c(Cl)c(C(=O)OC(C)C)c1Cl. The topological polar surface area (TPSA) is 88.4 Å². The predicted molar refractivity (Wildman–Crippen MR) is 101 cm³/mol. The molecule has 0 aliphatic heterocycles. The molecule has 0 atom stereocenters. The van der Waals surface area contributed by atoms with Gasteiger partial charge in [-0.3, -0.25) is 0 Å².